The molecule has 4 rings (SSSR count). The molecule has 0 unspecified atom stereocenters. The maximum Gasteiger partial charge on any atom is 0.0927 e. The lowest BCUT2D eigenvalue weighted by atomic mass is 9.85. The van der Waals surface area contributed by atoms with Crippen LogP contribution in [-0.4, -0.2) is 20.2 Å². The van der Waals surface area contributed by atoms with Crippen LogP contribution in [0.15, 0.2) is 30.7 Å². The van der Waals surface area contributed by atoms with Gasteiger partial charge in [-0.05, 0) is 67.5 Å². The highest BCUT2D eigenvalue weighted by Gasteiger charge is 2.17. The van der Waals surface area contributed by atoms with Gasteiger partial charge in [-0.2, -0.15) is 5.10 Å². The van der Waals surface area contributed by atoms with Crippen LogP contribution in [0, 0.1) is 13.8 Å². The Kier molecular flexibility index (Phi) is 3.37. The first-order valence-electron chi connectivity index (χ1n) is 8.07. The smallest absolute Gasteiger partial charge is 0.0927 e. The van der Waals surface area contributed by atoms with Gasteiger partial charge < -0.3 is 4.98 Å². The van der Waals surface area contributed by atoms with E-state index >= 15 is 0 Å². The van der Waals surface area contributed by atoms with Crippen LogP contribution in [0.25, 0.3) is 22.8 Å². The molecule has 2 heterocycles. The number of allylic oxidation sites excluding steroid dienone is 1. The molecule has 4 nitrogen and oxygen atoms in total. The minimum atomic E-state index is 0.994. The summed E-state index contributed by atoms with van der Waals surface area (Å²) in [5.74, 6) is 0. The van der Waals surface area contributed by atoms with E-state index in [1.54, 1.807) is 6.33 Å². The number of fused-ring (bicyclic) bond motifs is 1. The van der Waals surface area contributed by atoms with Gasteiger partial charge in [0.25, 0.3) is 0 Å². The third-order valence-electron chi connectivity index (χ3n) is 4.61. The molecular weight excluding hydrogens is 284 g/mol. The van der Waals surface area contributed by atoms with E-state index < -0.39 is 0 Å². The molecule has 0 radical (unpaired) electrons. The summed E-state index contributed by atoms with van der Waals surface area (Å²) in [4.78, 5) is 7.36. The summed E-state index contributed by atoms with van der Waals surface area (Å²) in [6, 6.07) is 6.81. The van der Waals surface area contributed by atoms with Gasteiger partial charge in [-0.15, -0.1) is 0 Å². The molecule has 0 amide bonds. The summed E-state index contributed by atoms with van der Waals surface area (Å²) in [7, 11) is 0. The second kappa shape index (κ2) is 5.54. The van der Waals surface area contributed by atoms with Gasteiger partial charge in [-0.25, -0.2) is 4.98 Å². The van der Waals surface area contributed by atoms with E-state index in [0.717, 1.165) is 29.9 Å². The molecule has 116 valence electrons. The number of rotatable bonds is 2. The fourth-order valence-corrected chi connectivity index (χ4v) is 3.51. The zero-order valence-corrected chi connectivity index (χ0v) is 13.5. The molecule has 23 heavy (non-hydrogen) atoms. The number of benzene rings is 1. The lowest BCUT2D eigenvalue weighted by Crippen LogP contribution is -2.02. The second-order valence-corrected chi connectivity index (χ2v) is 6.20. The van der Waals surface area contributed by atoms with Crippen LogP contribution in [0.2, 0.25) is 0 Å². The number of imidazole rings is 1. The van der Waals surface area contributed by atoms with Crippen molar-refractivity contribution in [2.24, 2.45) is 0 Å². The molecule has 1 aromatic carbocycles. The maximum atomic E-state index is 4.34. The molecule has 0 atom stereocenters. The molecule has 0 aliphatic heterocycles. The van der Waals surface area contributed by atoms with Crippen molar-refractivity contribution in [2.45, 2.75) is 33.1 Å². The Morgan fingerprint density at radius 2 is 2.09 bits per heavy atom. The van der Waals surface area contributed by atoms with E-state index in [4.69, 9.17) is 0 Å². The maximum absolute atomic E-state index is 4.34. The molecular formula is C19H20N4. The Labute approximate surface area is 135 Å². The Hall–Kier alpha value is -2.62. The van der Waals surface area contributed by atoms with Crippen molar-refractivity contribution in [3.63, 3.8) is 0 Å². The van der Waals surface area contributed by atoms with E-state index in [2.05, 4.69) is 58.3 Å². The summed E-state index contributed by atoms with van der Waals surface area (Å²) in [6.07, 6.45) is 9.32. The van der Waals surface area contributed by atoms with Gasteiger partial charge in [0.1, 0.15) is 0 Å². The normalized spacial score (nSPS) is 15.8. The first-order chi connectivity index (χ1) is 11.2. The summed E-state index contributed by atoms with van der Waals surface area (Å²) in [5.41, 5.74) is 9.79. The number of H-pyrrole nitrogens is 2. The number of nitrogens with zero attached hydrogens (tertiary/aromatic N) is 2. The van der Waals surface area contributed by atoms with Crippen molar-refractivity contribution in [2.75, 3.05) is 0 Å². The van der Waals surface area contributed by atoms with Crippen molar-refractivity contribution < 1.29 is 0 Å². The minimum Gasteiger partial charge on any atom is -0.351 e. The number of aromatic nitrogens is 4. The molecule has 0 spiro atoms. The number of aromatic amines is 2. The van der Waals surface area contributed by atoms with Crippen molar-refractivity contribution in [1.29, 1.82) is 0 Å². The van der Waals surface area contributed by atoms with Gasteiger partial charge in [0.15, 0.2) is 0 Å². The second-order valence-electron chi connectivity index (χ2n) is 6.20. The largest absolute Gasteiger partial charge is 0.351 e. The Morgan fingerprint density at radius 1 is 1.17 bits per heavy atom. The SMILES string of the molecule is Cc1n[nH]c(C)c1-c1ccc2c(c1)/C(=C/c1c[nH]cn1)CCC2. The first kappa shape index (κ1) is 14.0. The van der Waals surface area contributed by atoms with Crippen molar-refractivity contribution in [3.05, 3.63) is 58.9 Å². The van der Waals surface area contributed by atoms with Gasteiger partial charge in [-0.3, -0.25) is 5.10 Å². The highest BCUT2D eigenvalue weighted by molar-refractivity contribution is 5.85. The predicted molar refractivity (Wildman–Crippen MR) is 92.9 cm³/mol. The summed E-state index contributed by atoms with van der Waals surface area (Å²) in [6.45, 7) is 4.13. The van der Waals surface area contributed by atoms with Crippen molar-refractivity contribution in [3.8, 4) is 11.1 Å². The molecule has 0 fully saturated rings. The molecule has 2 N–H and O–H groups in total. The molecule has 3 aromatic rings. The van der Waals surface area contributed by atoms with Crippen LogP contribution < -0.4 is 0 Å². The van der Waals surface area contributed by atoms with Crippen LogP contribution in [0.4, 0.5) is 0 Å². The molecule has 0 bridgehead atoms. The minimum absolute atomic E-state index is 0.994. The summed E-state index contributed by atoms with van der Waals surface area (Å²) < 4.78 is 0. The standard InChI is InChI=1S/C19H20N4/c1-12-19(13(2)23-22-12)16-7-6-14-4-3-5-15(18(14)9-16)8-17-10-20-11-21-17/h6-11H,3-5H2,1-2H3,(H,20,21)(H,22,23)/b15-8+. The number of hydrogen-bond acceptors (Lipinski definition) is 2. The van der Waals surface area contributed by atoms with Crippen molar-refractivity contribution in [1.82, 2.24) is 20.2 Å². The lowest BCUT2D eigenvalue weighted by molar-refractivity contribution is 0.824. The monoisotopic (exact) mass is 304 g/mol. The predicted octanol–water partition coefficient (Wildman–Crippen LogP) is 4.29. The first-order valence-corrected chi connectivity index (χ1v) is 8.07. The number of hydrogen-bond donors (Lipinski definition) is 2. The van der Waals surface area contributed by atoms with Gasteiger partial charge >= 0.3 is 0 Å². The highest BCUT2D eigenvalue weighted by Crippen LogP contribution is 2.36. The van der Waals surface area contributed by atoms with Crippen LogP contribution in [0.5, 0.6) is 0 Å². The van der Waals surface area contributed by atoms with Crippen LogP contribution >= 0.6 is 0 Å². The zero-order valence-electron chi connectivity index (χ0n) is 13.5. The van der Waals surface area contributed by atoms with Crippen LogP contribution in [0.3, 0.4) is 0 Å². The third kappa shape index (κ3) is 2.50. The van der Waals surface area contributed by atoms with Gasteiger partial charge in [0, 0.05) is 17.5 Å². The molecule has 4 heteroatoms. The van der Waals surface area contributed by atoms with E-state index in [0.29, 0.717) is 0 Å². The number of nitrogens with one attached hydrogen (secondary N) is 2. The molecule has 2 aromatic heterocycles. The number of aryl methyl sites for hydroxylation is 3. The van der Waals surface area contributed by atoms with E-state index in [1.807, 2.05) is 6.20 Å². The molecule has 1 aliphatic carbocycles. The highest BCUT2D eigenvalue weighted by atomic mass is 15.1. The lowest BCUT2D eigenvalue weighted by Gasteiger charge is -2.20. The fourth-order valence-electron chi connectivity index (χ4n) is 3.51. The average molecular weight is 304 g/mol. The summed E-state index contributed by atoms with van der Waals surface area (Å²) in [5, 5.41) is 7.41. The fraction of sp³-hybridized carbons (Fsp3) is 0.263. The Balaban J connectivity index is 1.83. The van der Waals surface area contributed by atoms with E-state index in [1.165, 1.54) is 34.2 Å². The van der Waals surface area contributed by atoms with Gasteiger partial charge in [-0.1, -0.05) is 12.1 Å². The Bertz CT molecular complexity index is 849. The topological polar surface area (TPSA) is 57.4 Å². The summed E-state index contributed by atoms with van der Waals surface area (Å²) >= 11 is 0. The zero-order chi connectivity index (χ0) is 15.8. The molecule has 0 saturated carbocycles. The van der Waals surface area contributed by atoms with E-state index in [-0.39, 0.29) is 0 Å². The Morgan fingerprint density at radius 3 is 2.83 bits per heavy atom. The molecule has 1 aliphatic rings. The van der Waals surface area contributed by atoms with Gasteiger partial charge in [0.2, 0.25) is 0 Å². The van der Waals surface area contributed by atoms with Crippen LogP contribution in [0.1, 0.15) is 41.1 Å². The third-order valence-corrected chi connectivity index (χ3v) is 4.61. The van der Waals surface area contributed by atoms with Gasteiger partial charge in [0.05, 0.1) is 17.7 Å². The molecule has 0 saturated heterocycles. The quantitative estimate of drug-likeness (QED) is 0.742. The van der Waals surface area contributed by atoms with Crippen LogP contribution in [-0.2, 0) is 6.42 Å². The van der Waals surface area contributed by atoms with E-state index in [9.17, 15) is 0 Å². The van der Waals surface area contributed by atoms with Crippen molar-refractivity contribution >= 4 is 11.6 Å². The average Bonchev–Trinajstić information content (AvgIpc) is 3.18.